The number of carbonyl (C=O) groups excluding carboxylic acids is 1. The molecular weight excluding hydrogens is 162 g/mol. The quantitative estimate of drug-likeness (QED) is 0.700. The lowest BCUT2D eigenvalue weighted by Crippen LogP contribution is -2.37. The lowest BCUT2D eigenvalue weighted by molar-refractivity contribution is -0.125. The van der Waals surface area contributed by atoms with E-state index in [4.69, 9.17) is 5.73 Å². The molecule has 13 heavy (non-hydrogen) atoms. The molecule has 0 aromatic heterocycles. The van der Waals surface area contributed by atoms with Crippen LogP contribution in [0.15, 0.2) is 0 Å². The molecule has 0 saturated heterocycles. The van der Waals surface area contributed by atoms with Gasteiger partial charge < -0.3 is 5.73 Å². The number of carbonyl (C=O) groups is 1. The monoisotopic (exact) mass is 183 g/mol. The van der Waals surface area contributed by atoms with Crippen LogP contribution in [-0.2, 0) is 4.79 Å². The summed E-state index contributed by atoms with van der Waals surface area (Å²) < 4.78 is 0. The first-order valence-corrected chi connectivity index (χ1v) is 5.31. The van der Waals surface area contributed by atoms with Crippen molar-refractivity contribution in [2.75, 3.05) is 0 Å². The molecule has 2 heteroatoms. The van der Waals surface area contributed by atoms with Crippen molar-refractivity contribution < 1.29 is 4.79 Å². The fourth-order valence-electron chi connectivity index (χ4n) is 2.53. The Hall–Kier alpha value is -0.530. The number of hydrogen-bond acceptors (Lipinski definition) is 1. The van der Waals surface area contributed by atoms with E-state index >= 15 is 0 Å². The highest BCUT2D eigenvalue weighted by Crippen LogP contribution is 2.37. The second kappa shape index (κ2) is 4.12. The molecule has 1 aliphatic rings. The van der Waals surface area contributed by atoms with Crippen LogP contribution in [0.4, 0.5) is 0 Å². The van der Waals surface area contributed by atoms with Crippen molar-refractivity contribution in [2.45, 2.75) is 40.0 Å². The molecule has 0 aliphatic heterocycles. The van der Waals surface area contributed by atoms with Gasteiger partial charge in [-0.2, -0.15) is 0 Å². The van der Waals surface area contributed by atoms with Gasteiger partial charge in [0, 0.05) is 5.92 Å². The van der Waals surface area contributed by atoms with Gasteiger partial charge >= 0.3 is 0 Å². The number of amides is 1. The fourth-order valence-corrected chi connectivity index (χ4v) is 2.53. The van der Waals surface area contributed by atoms with E-state index in [1.165, 1.54) is 12.8 Å². The van der Waals surface area contributed by atoms with Crippen LogP contribution in [0.3, 0.4) is 0 Å². The standard InChI is InChI=1S/C11H21NO/c1-7(2)9-5-4-8(3)6-10(9)11(12)13/h7-10H,4-6H2,1-3H3,(H2,12,13)/t8-,9+,10-/m1/s1. The smallest absolute Gasteiger partial charge is 0.220 e. The van der Waals surface area contributed by atoms with Gasteiger partial charge in [0.25, 0.3) is 0 Å². The van der Waals surface area contributed by atoms with Crippen LogP contribution in [0.2, 0.25) is 0 Å². The Labute approximate surface area is 80.9 Å². The van der Waals surface area contributed by atoms with E-state index in [-0.39, 0.29) is 11.8 Å². The number of nitrogens with two attached hydrogens (primary N) is 1. The molecule has 3 atom stereocenters. The maximum atomic E-state index is 11.2. The summed E-state index contributed by atoms with van der Waals surface area (Å²) in [6.07, 6.45) is 3.43. The van der Waals surface area contributed by atoms with Crippen molar-refractivity contribution in [3.05, 3.63) is 0 Å². The molecule has 0 unspecified atom stereocenters. The molecule has 1 rings (SSSR count). The Morgan fingerprint density at radius 2 is 2.00 bits per heavy atom. The van der Waals surface area contributed by atoms with Crippen LogP contribution in [0.1, 0.15) is 40.0 Å². The summed E-state index contributed by atoms with van der Waals surface area (Å²) in [6.45, 7) is 6.60. The Kier molecular flexibility index (Phi) is 3.34. The van der Waals surface area contributed by atoms with Crippen LogP contribution in [-0.4, -0.2) is 5.91 Å². The van der Waals surface area contributed by atoms with E-state index < -0.39 is 0 Å². The van der Waals surface area contributed by atoms with Crippen molar-refractivity contribution >= 4 is 5.91 Å². The largest absolute Gasteiger partial charge is 0.369 e. The average molecular weight is 183 g/mol. The minimum Gasteiger partial charge on any atom is -0.369 e. The predicted octanol–water partition coefficient (Wildman–Crippen LogP) is 2.18. The Morgan fingerprint density at radius 1 is 1.38 bits per heavy atom. The van der Waals surface area contributed by atoms with Gasteiger partial charge in [-0.3, -0.25) is 4.79 Å². The molecule has 1 amide bonds. The second-order valence-corrected chi connectivity index (χ2v) is 4.83. The van der Waals surface area contributed by atoms with Gasteiger partial charge in [-0.25, -0.2) is 0 Å². The molecular formula is C11H21NO. The number of rotatable bonds is 2. The molecule has 1 saturated carbocycles. The first-order valence-electron chi connectivity index (χ1n) is 5.31. The zero-order valence-corrected chi connectivity index (χ0v) is 8.92. The molecule has 0 aromatic carbocycles. The Bertz CT molecular complexity index is 189. The highest BCUT2D eigenvalue weighted by Gasteiger charge is 2.33. The first-order chi connectivity index (χ1) is 6.02. The molecule has 0 aromatic rings. The van der Waals surface area contributed by atoms with Gasteiger partial charge in [0.05, 0.1) is 0 Å². The summed E-state index contributed by atoms with van der Waals surface area (Å²) in [5.74, 6) is 1.82. The lowest BCUT2D eigenvalue weighted by atomic mass is 9.70. The van der Waals surface area contributed by atoms with Crippen LogP contribution >= 0.6 is 0 Å². The highest BCUT2D eigenvalue weighted by atomic mass is 16.1. The zero-order valence-electron chi connectivity index (χ0n) is 8.92. The molecule has 2 nitrogen and oxygen atoms in total. The highest BCUT2D eigenvalue weighted by molar-refractivity contribution is 5.77. The van der Waals surface area contributed by atoms with Crippen LogP contribution < -0.4 is 5.73 Å². The second-order valence-electron chi connectivity index (χ2n) is 4.83. The van der Waals surface area contributed by atoms with E-state index in [0.717, 1.165) is 6.42 Å². The van der Waals surface area contributed by atoms with Gasteiger partial charge in [0.2, 0.25) is 5.91 Å². The Balaban J connectivity index is 2.66. The van der Waals surface area contributed by atoms with E-state index in [2.05, 4.69) is 20.8 Å². The van der Waals surface area contributed by atoms with Gasteiger partial charge in [-0.15, -0.1) is 0 Å². The summed E-state index contributed by atoms with van der Waals surface area (Å²) in [6, 6.07) is 0. The minimum atomic E-state index is -0.0924. The molecule has 0 spiro atoms. The average Bonchev–Trinajstić information content (AvgIpc) is 2.03. The van der Waals surface area contributed by atoms with Crippen molar-refractivity contribution in [1.29, 1.82) is 0 Å². The number of primary amides is 1. The molecule has 1 fully saturated rings. The van der Waals surface area contributed by atoms with Crippen molar-refractivity contribution in [3.63, 3.8) is 0 Å². The van der Waals surface area contributed by atoms with Gasteiger partial charge in [0.1, 0.15) is 0 Å². The van der Waals surface area contributed by atoms with E-state index in [1.807, 2.05) is 0 Å². The van der Waals surface area contributed by atoms with E-state index in [0.29, 0.717) is 17.8 Å². The predicted molar refractivity (Wildman–Crippen MR) is 54.0 cm³/mol. The van der Waals surface area contributed by atoms with Crippen molar-refractivity contribution in [1.82, 2.24) is 0 Å². The van der Waals surface area contributed by atoms with E-state index in [1.54, 1.807) is 0 Å². The zero-order chi connectivity index (χ0) is 10.0. The van der Waals surface area contributed by atoms with Crippen LogP contribution in [0.5, 0.6) is 0 Å². The SMILES string of the molecule is CC(C)[C@@H]1CC[C@@H](C)C[C@H]1C(N)=O. The van der Waals surface area contributed by atoms with Crippen molar-refractivity contribution in [3.8, 4) is 0 Å². The lowest BCUT2D eigenvalue weighted by Gasteiger charge is -2.35. The first kappa shape index (κ1) is 10.6. The molecule has 1 aliphatic carbocycles. The van der Waals surface area contributed by atoms with Crippen molar-refractivity contribution in [2.24, 2.45) is 29.4 Å². The maximum absolute atomic E-state index is 11.2. The maximum Gasteiger partial charge on any atom is 0.220 e. The summed E-state index contributed by atoms with van der Waals surface area (Å²) in [5.41, 5.74) is 5.42. The third kappa shape index (κ3) is 2.45. The van der Waals surface area contributed by atoms with Crippen LogP contribution in [0, 0.1) is 23.7 Å². The van der Waals surface area contributed by atoms with Gasteiger partial charge in [0.15, 0.2) is 0 Å². The normalized spacial score (nSPS) is 34.9. The summed E-state index contributed by atoms with van der Waals surface area (Å²) in [5, 5.41) is 0. The summed E-state index contributed by atoms with van der Waals surface area (Å²) in [4.78, 5) is 11.2. The summed E-state index contributed by atoms with van der Waals surface area (Å²) >= 11 is 0. The van der Waals surface area contributed by atoms with Gasteiger partial charge in [-0.1, -0.05) is 27.2 Å². The molecule has 0 heterocycles. The third-order valence-electron chi connectivity index (χ3n) is 3.39. The van der Waals surface area contributed by atoms with Crippen LogP contribution in [0.25, 0.3) is 0 Å². The molecule has 0 radical (unpaired) electrons. The minimum absolute atomic E-state index is 0.0924. The Morgan fingerprint density at radius 3 is 2.46 bits per heavy atom. The molecule has 2 N–H and O–H groups in total. The fraction of sp³-hybridized carbons (Fsp3) is 0.909. The molecule has 76 valence electrons. The molecule has 0 bridgehead atoms. The number of hydrogen-bond donors (Lipinski definition) is 1. The third-order valence-corrected chi connectivity index (χ3v) is 3.39. The topological polar surface area (TPSA) is 43.1 Å². The summed E-state index contributed by atoms with van der Waals surface area (Å²) in [7, 11) is 0. The van der Waals surface area contributed by atoms with Gasteiger partial charge in [-0.05, 0) is 30.6 Å². The van der Waals surface area contributed by atoms with E-state index in [9.17, 15) is 4.79 Å².